The summed E-state index contributed by atoms with van der Waals surface area (Å²) in [5.41, 5.74) is 0. The largest absolute Gasteiger partial charge is 0.352 e. The molecule has 6 heteroatoms. The molecule has 0 aromatic carbocycles. The third-order valence-corrected chi connectivity index (χ3v) is 3.65. The van der Waals surface area contributed by atoms with Gasteiger partial charge in [-0.2, -0.15) is 0 Å². The Morgan fingerprint density at radius 2 is 1.94 bits per heavy atom. The molecule has 0 unspecified atom stereocenters. The molecule has 0 atom stereocenters. The summed E-state index contributed by atoms with van der Waals surface area (Å²) in [6, 6.07) is 0.0418. The number of hydrogen-bond donors (Lipinski definition) is 2. The molecule has 0 bridgehead atoms. The maximum atomic E-state index is 11.9. The van der Waals surface area contributed by atoms with Crippen molar-refractivity contribution in [2.24, 2.45) is 5.84 Å². The Morgan fingerprint density at radius 1 is 1.22 bits per heavy atom. The fourth-order valence-electron chi connectivity index (χ4n) is 2.65. The first-order valence-electron chi connectivity index (χ1n) is 6.77. The first-order valence-corrected chi connectivity index (χ1v) is 6.77. The lowest BCUT2D eigenvalue weighted by molar-refractivity contribution is -0.122. The summed E-state index contributed by atoms with van der Waals surface area (Å²) in [5.74, 6) is 5.47. The van der Waals surface area contributed by atoms with E-state index in [1.165, 1.54) is 29.2 Å². The van der Waals surface area contributed by atoms with Crippen LogP contribution < -0.4 is 11.2 Å². The molecule has 2 rings (SSSR count). The number of nitrogens with one attached hydrogen (secondary N) is 1. The van der Waals surface area contributed by atoms with E-state index in [1.807, 2.05) is 0 Å². The second kappa shape index (κ2) is 6.04. The molecule has 1 aliphatic carbocycles. The second-order valence-corrected chi connectivity index (χ2v) is 5.15. The van der Waals surface area contributed by atoms with Gasteiger partial charge in [0.15, 0.2) is 0 Å². The predicted octanol–water partition coefficient (Wildman–Crippen LogP) is 0.437. The van der Waals surface area contributed by atoms with Crippen LogP contribution in [0.3, 0.4) is 0 Å². The molecule has 102 valence electrons. The van der Waals surface area contributed by atoms with Crippen LogP contribution in [-0.2, 0) is 4.79 Å². The Bertz CT molecular complexity index is 315. The van der Waals surface area contributed by atoms with E-state index in [0.717, 1.165) is 19.3 Å². The lowest BCUT2D eigenvalue weighted by Crippen LogP contribution is -2.55. The predicted molar refractivity (Wildman–Crippen MR) is 67.5 cm³/mol. The van der Waals surface area contributed by atoms with E-state index >= 15 is 0 Å². The van der Waals surface area contributed by atoms with Crippen molar-refractivity contribution in [2.45, 2.75) is 44.6 Å². The van der Waals surface area contributed by atoms with Gasteiger partial charge in [0.25, 0.3) is 0 Å². The number of urea groups is 1. The van der Waals surface area contributed by atoms with E-state index in [1.54, 1.807) is 0 Å². The minimum absolute atomic E-state index is 0.0643. The van der Waals surface area contributed by atoms with Crippen molar-refractivity contribution >= 4 is 11.9 Å². The third kappa shape index (κ3) is 3.35. The molecule has 1 saturated carbocycles. The highest BCUT2D eigenvalue weighted by atomic mass is 16.2. The van der Waals surface area contributed by atoms with Gasteiger partial charge < -0.3 is 10.2 Å². The standard InChI is InChI=1S/C12H22N4O2/c13-16-8-4-7-15(12(16)18)9-11(17)14-10-5-2-1-3-6-10/h10H,1-9,13H2,(H,14,17). The minimum atomic E-state index is -0.250. The van der Waals surface area contributed by atoms with Gasteiger partial charge in [0, 0.05) is 19.1 Å². The fraction of sp³-hybridized carbons (Fsp3) is 0.833. The summed E-state index contributed by atoms with van der Waals surface area (Å²) in [7, 11) is 0. The van der Waals surface area contributed by atoms with Gasteiger partial charge in [-0.15, -0.1) is 0 Å². The number of nitrogens with zero attached hydrogens (tertiary/aromatic N) is 2. The summed E-state index contributed by atoms with van der Waals surface area (Å²) in [4.78, 5) is 25.1. The van der Waals surface area contributed by atoms with Crippen LogP contribution in [0.5, 0.6) is 0 Å². The van der Waals surface area contributed by atoms with Gasteiger partial charge >= 0.3 is 6.03 Å². The van der Waals surface area contributed by atoms with E-state index in [4.69, 9.17) is 5.84 Å². The Labute approximate surface area is 107 Å². The Morgan fingerprint density at radius 3 is 2.67 bits per heavy atom. The van der Waals surface area contributed by atoms with Crippen molar-refractivity contribution in [3.8, 4) is 0 Å². The zero-order chi connectivity index (χ0) is 13.0. The van der Waals surface area contributed by atoms with Gasteiger partial charge in [-0.25, -0.2) is 10.6 Å². The molecule has 3 N–H and O–H groups in total. The third-order valence-electron chi connectivity index (χ3n) is 3.65. The van der Waals surface area contributed by atoms with E-state index < -0.39 is 0 Å². The zero-order valence-corrected chi connectivity index (χ0v) is 10.7. The van der Waals surface area contributed by atoms with Crippen molar-refractivity contribution in [3.05, 3.63) is 0 Å². The second-order valence-electron chi connectivity index (χ2n) is 5.15. The van der Waals surface area contributed by atoms with E-state index in [-0.39, 0.29) is 18.5 Å². The molecule has 6 nitrogen and oxygen atoms in total. The zero-order valence-electron chi connectivity index (χ0n) is 10.7. The van der Waals surface area contributed by atoms with Crippen molar-refractivity contribution in [2.75, 3.05) is 19.6 Å². The molecule has 0 aromatic heterocycles. The Kier molecular flexibility index (Phi) is 4.41. The van der Waals surface area contributed by atoms with Crippen LogP contribution in [0, 0.1) is 0 Å². The highest BCUT2D eigenvalue weighted by molar-refractivity contribution is 5.84. The first-order chi connectivity index (χ1) is 8.66. The van der Waals surface area contributed by atoms with Crippen LogP contribution in [0.25, 0.3) is 0 Å². The highest BCUT2D eigenvalue weighted by Gasteiger charge is 2.26. The normalized spacial score (nSPS) is 22.2. The molecule has 18 heavy (non-hydrogen) atoms. The molecule has 2 fully saturated rings. The molecular weight excluding hydrogens is 232 g/mol. The van der Waals surface area contributed by atoms with Crippen molar-refractivity contribution in [1.29, 1.82) is 0 Å². The van der Waals surface area contributed by atoms with Crippen LogP contribution in [0.2, 0.25) is 0 Å². The van der Waals surface area contributed by atoms with Crippen molar-refractivity contribution in [1.82, 2.24) is 15.2 Å². The van der Waals surface area contributed by atoms with E-state index in [9.17, 15) is 9.59 Å². The van der Waals surface area contributed by atoms with Gasteiger partial charge in [0.2, 0.25) is 5.91 Å². The SMILES string of the molecule is NN1CCCN(CC(=O)NC2CCCCC2)C1=O. The van der Waals surface area contributed by atoms with Crippen LogP contribution in [0.1, 0.15) is 38.5 Å². The number of rotatable bonds is 3. The first kappa shape index (κ1) is 13.1. The monoisotopic (exact) mass is 254 g/mol. The molecule has 0 spiro atoms. The molecule has 1 heterocycles. The molecule has 1 saturated heterocycles. The van der Waals surface area contributed by atoms with Gasteiger partial charge in [-0.3, -0.25) is 9.80 Å². The maximum absolute atomic E-state index is 11.9. The summed E-state index contributed by atoms with van der Waals surface area (Å²) in [6.45, 7) is 1.31. The molecule has 0 radical (unpaired) electrons. The average Bonchev–Trinajstić information content (AvgIpc) is 2.36. The smallest absolute Gasteiger partial charge is 0.334 e. The quantitative estimate of drug-likeness (QED) is 0.566. The topological polar surface area (TPSA) is 78.7 Å². The number of hydrazine groups is 1. The van der Waals surface area contributed by atoms with Gasteiger partial charge in [-0.05, 0) is 19.3 Å². The molecule has 3 amide bonds. The minimum Gasteiger partial charge on any atom is -0.352 e. The summed E-state index contributed by atoms with van der Waals surface area (Å²) in [6.07, 6.45) is 6.57. The lowest BCUT2D eigenvalue weighted by atomic mass is 9.95. The van der Waals surface area contributed by atoms with Crippen LogP contribution >= 0.6 is 0 Å². The van der Waals surface area contributed by atoms with Crippen molar-refractivity contribution < 1.29 is 9.59 Å². The van der Waals surface area contributed by atoms with Gasteiger partial charge in [0.05, 0.1) is 0 Å². The number of hydrogen-bond acceptors (Lipinski definition) is 3. The summed E-state index contributed by atoms with van der Waals surface area (Å²) in [5, 5.41) is 4.19. The molecule has 0 aromatic rings. The highest BCUT2D eigenvalue weighted by Crippen LogP contribution is 2.17. The average molecular weight is 254 g/mol. The number of carbonyl (C=O) groups is 2. The van der Waals surface area contributed by atoms with Crippen LogP contribution in [0.15, 0.2) is 0 Å². The van der Waals surface area contributed by atoms with Crippen LogP contribution in [0.4, 0.5) is 4.79 Å². The molecule has 2 aliphatic rings. The fourth-order valence-corrected chi connectivity index (χ4v) is 2.65. The number of carbonyl (C=O) groups excluding carboxylic acids is 2. The van der Waals surface area contributed by atoms with E-state index in [2.05, 4.69) is 5.32 Å². The Hall–Kier alpha value is -1.30. The Balaban J connectivity index is 1.77. The van der Waals surface area contributed by atoms with Crippen LogP contribution in [-0.4, -0.2) is 47.5 Å². The lowest BCUT2D eigenvalue weighted by Gasteiger charge is -2.32. The summed E-state index contributed by atoms with van der Waals surface area (Å²) >= 11 is 0. The van der Waals surface area contributed by atoms with Crippen molar-refractivity contribution in [3.63, 3.8) is 0 Å². The maximum Gasteiger partial charge on any atom is 0.334 e. The van der Waals surface area contributed by atoms with Gasteiger partial charge in [-0.1, -0.05) is 19.3 Å². The number of amides is 3. The molecular formula is C12H22N4O2. The summed E-state index contributed by atoms with van der Waals surface area (Å²) < 4.78 is 0. The van der Waals surface area contributed by atoms with Gasteiger partial charge in [0.1, 0.15) is 6.54 Å². The van der Waals surface area contributed by atoms with E-state index in [0.29, 0.717) is 19.1 Å². The number of nitrogens with two attached hydrogens (primary N) is 1. The molecule has 1 aliphatic heterocycles.